The third-order valence-corrected chi connectivity index (χ3v) is 3.80. The summed E-state index contributed by atoms with van der Waals surface area (Å²) in [7, 11) is 4.02. The van der Waals surface area contributed by atoms with E-state index in [1.807, 2.05) is 20.2 Å². The quantitative estimate of drug-likeness (QED) is 0.703. The monoisotopic (exact) mass is 257 g/mol. The molecule has 0 bridgehead atoms. The van der Waals surface area contributed by atoms with Gasteiger partial charge in [0.1, 0.15) is 0 Å². The largest absolute Gasteiger partial charge is 0.338 e. The molecule has 2 aliphatic rings. The fourth-order valence-corrected chi connectivity index (χ4v) is 2.71. The molecule has 5 heteroatoms. The van der Waals surface area contributed by atoms with Crippen molar-refractivity contribution in [3.05, 3.63) is 11.1 Å². The van der Waals surface area contributed by atoms with Crippen LogP contribution in [0.3, 0.4) is 0 Å². The van der Waals surface area contributed by atoms with Crippen LogP contribution in [0, 0.1) is 11.8 Å². The standard InChI is InChI=1S/C12H17ClN2O2/c1-14(2)5-6-15-11(16)9-4-3-8(13)7-10(9)12(15)17/h3,9-10H,4-7H2,1-2H3/p+1. The molecule has 1 fully saturated rings. The average Bonchev–Trinajstić information content (AvgIpc) is 2.49. The molecule has 2 amide bonds. The molecule has 1 aliphatic heterocycles. The first-order valence-corrected chi connectivity index (χ1v) is 6.37. The van der Waals surface area contributed by atoms with Crippen LogP contribution in [0.25, 0.3) is 0 Å². The van der Waals surface area contributed by atoms with E-state index in [4.69, 9.17) is 11.6 Å². The highest BCUT2D eigenvalue weighted by atomic mass is 35.5. The lowest BCUT2D eigenvalue weighted by molar-refractivity contribution is -0.857. The molecule has 94 valence electrons. The molecule has 2 rings (SSSR count). The summed E-state index contributed by atoms with van der Waals surface area (Å²) in [6, 6.07) is 0. The fourth-order valence-electron chi connectivity index (χ4n) is 2.45. The average molecular weight is 258 g/mol. The Morgan fingerprint density at radius 1 is 1.35 bits per heavy atom. The van der Waals surface area contributed by atoms with E-state index >= 15 is 0 Å². The first kappa shape index (κ1) is 12.6. The highest BCUT2D eigenvalue weighted by Crippen LogP contribution is 2.38. The lowest BCUT2D eigenvalue weighted by Gasteiger charge is -2.17. The van der Waals surface area contributed by atoms with E-state index in [-0.39, 0.29) is 23.7 Å². The van der Waals surface area contributed by atoms with E-state index < -0.39 is 0 Å². The van der Waals surface area contributed by atoms with Crippen LogP contribution in [0.5, 0.6) is 0 Å². The van der Waals surface area contributed by atoms with Crippen molar-refractivity contribution in [2.75, 3.05) is 27.2 Å². The Bertz CT molecular complexity index is 379. The number of amides is 2. The second kappa shape index (κ2) is 4.78. The van der Waals surface area contributed by atoms with Crippen molar-refractivity contribution in [3.8, 4) is 0 Å². The molecule has 0 saturated carbocycles. The zero-order valence-corrected chi connectivity index (χ0v) is 11.0. The van der Waals surface area contributed by atoms with Gasteiger partial charge >= 0.3 is 0 Å². The van der Waals surface area contributed by atoms with Crippen LogP contribution in [-0.2, 0) is 9.59 Å². The van der Waals surface area contributed by atoms with Crippen LogP contribution < -0.4 is 4.90 Å². The predicted molar refractivity (Wildman–Crippen MR) is 64.5 cm³/mol. The van der Waals surface area contributed by atoms with Crippen molar-refractivity contribution in [2.24, 2.45) is 11.8 Å². The Hall–Kier alpha value is -0.870. The zero-order valence-electron chi connectivity index (χ0n) is 10.2. The van der Waals surface area contributed by atoms with Gasteiger partial charge in [0.15, 0.2) is 0 Å². The maximum absolute atomic E-state index is 12.1. The van der Waals surface area contributed by atoms with Crippen LogP contribution in [0.2, 0.25) is 0 Å². The van der Waals surface area contributed by atoms with Crippen LogP contribution in [-0.4, -0.2) is 43.9 Å². The van der Waals surface area contributed by atoms with Gasteiger partial charge in [0, 0.05) is 5.03 Å². The summed E-state index contributed by atoms with van der Waals surface area (Å²) in [5, 5.41) is 0.715. The number of hydrogen-bond acceptors (Lipinski definition) is 2. The number of rotatable bonds is 3. The summed E-state index contributed by atoms with van der Waals surface area (Å²) in [5.41, 5.74) is 0. The van der Waals surface area contributed by atoms with E-state index in [2.05, 4.69) is 0 Å². The van der Waals surface area contributed by atoms with Gasteiger partial charge in [0.25, 0.3) is 0 Å². The smallest absolute Gasteiger partial charge is 0.233 e. The Kier molecular flexibility index (Phi) is 3.54. The number of quaternary nitrogens is 1. The summed E-state index contributed by atoms with van der Waals surface area (Å²) in [4.78, 5) is 26.9. The minimum atomic E-state index is -0.211. The molecule has 1 heterocycles. The van der Waals surface area contributed by atoms with Gasteiger partial charge in [-0.25, -0.2) is 0 Å². The minimum absolute atomic E-state index is 0.0123. The van der Waals surface area contributed by atoms with Gasteiger partial charge in [0.2, 0.25) is 11.8 Å². The second-order valence-electron chi connectivity index (χ2n) is 5.09. The summed E-state index contributed by atoms with van der Waals surface area (Å²) < 4.78 is 0. The summed E-state index contributed by atoms with van der Waals surface area (Å²) in [6.45, 7) is 1.31. The summed E-state index contributed by atoms with van der Waals surface area (Å²) >= 11 is 5.95. The molecule has 17 heavy (non-hydrogen) atoms. The molecule has 0 radical (unpaired) electrons. The molecule has 0 aromatic carbocycles. The van der Waals surface area contributed by atoms with Gasteiger partial charge in [-0.15, -0.1) is 0 Å². The van der Waals surface area contributed by atoms with Crippen molar-refractivity contribution < 1.29 is 14.5 Å². The molecular weight excluding hydrogens is 240 g/mol. The SMILES string of the molecule is C[NH+](C)CCN1C(=O)C2CC=C(Cl)CC2C1=O. The van der Waals surface area contributed by atoms with Crippen LogP contribution in [0.4, 0.5) is 0 Å². The fraction of sp³-hybridized carbons (Fsp3) is 0.667. The van der Waals surface area contributed by atoms with E-state index in [9.17, 15) is 9.59 Å². The molecule has 2 atom stereocenters. The molecule has 2 unspecified atom stereocenters. The number of nitrogens with zero attached hydrogens (tertiary/aromatic N) is 1. The third-order valence-electron chi connectivity index (χ3n) is 3.50. The van der Waals surface area contributed by atoms with E-state index in [0.717, 1.165) is 6.54 Å². The van der Waals surface area contributed by atoms with Gasteiger partial charge in [-0.3, -0.25) is 14.5 Å². The number of imide groups is 1. The lowest BCUT2D eigenvalue weighted by atomic mass is 9.85. The molecule has 0 aromatic rings. The maximum Gasteiger partial charge on any atom is 0.233 e. The first-order chi connectivity index (χ1) is 8.00. The van der Waals surface area contributed by atoms with Crippen molar-refractivity contribution in [2.45, 2.75) is 12.8 Å². The first-order valence-electron chi connectivity index (χ1n) is 5.99. The number of allylic oxidation sites excluding steroid dienone is 2. The molecule has 0 aromatic heterocycles. The summed E-state index contributed by atoms with van der Waals surface area (Å²) in [5.74, 6) is -0.423. The second-order valence-corrected chi connectivity index (χ2v) is 5.57. The van der Waals surface area contributed by atoms with Gasteiger partial charge in [-0.05, 0) is 12.8 Å². The van der Waals surface area contributed by atoms with Crippen molar-refractivity contribution in [3.63, 3.8) is 0 Å². The Balaban J connectivity index is 2.08. The third kappa shape index (κ3) is 2.38. The Labute approximate surface area is 106 Å². The zero-order chi connectivity index (χ0) is 12.6. The van der Waals surface area contributed by atoms with Crippen molar-refractivity contribution in [1.29, 1.82) is 0 Å². The Morgan fingerprint density at radius 3 is 2.65 bits per heavy atom. The number of hydrogen-bond donors (Lipinski definition) is 1. The molecule has 4 nitrogen and oxygen atoms in total. The molecule has 0 spiro atoms. The van der Waals surface area contributed by atoms with Crippen LogP contribution in [0.1, 0.15) is 12.8 Å². The van der Waals surface area contributed by atoms with E-state index in [1.54, 1.807) is 0 Å². The number of likely N-dealkylation sites (N-methyl/N-ethyl adjacent to an activating group) is 1. The normalized spacial score (nSPS) is 28.7. The highest BCUT2D eigenvalue weighted by Gasteiger charge is 2.48. The topological polar surface area (TPSA) is 41.8 Å². The van der Waals surface area contributed by atoms with Gasteiger partial charge in [0.05, 0.1) is 39.0 Å². The van der Waals surface area contributed by atoms with Crippen LogP contribution in [0.15, 0.2) is 11.1 Å². The van der Waals surface area contributed by atoms with Crippen molar-refractivity contribution in [1.82, 2.24) is 4.90 Å². The highest BCUT2D eigenvalue weighted by molar-refractivity contribution is 6.30. The number of fused-ring (bicyclic) bond motifs is 1. The van der Waals surface area contributed by atoms with Gasteiger partial charge in [-0.1, -0.05) is 17.7 Å². The van der Waals surface area contributed by atoms with Gasteiger partial charge < -0.3 is 4.90 Å². The number of likely N-dealkylation sites (tertiary alicyclic amines) is 1. The number of carbonyl (C=O) groups is 2. The van der Waals surface area contributed by atoms with E-state index in [0.29, 0.717) is 24.4 Å². The van der Waals surface area contributed by atoms with Crippen molar-refractivity contribution >= 4 is 23.4 Å². The Morgan fingerprint density at radius 2 is 2.00 bits per heavy atom. The molecule has 1 aliphatic carbocycles. The lowest BCUT2D eigenvalue weighted by Crippen LogP contribution is -3.06. The van der Waals surface area contributed by atoms with E-state index in [1.165, 1.54) is 9.80 Å². The number of carbonyl (C=O) groups excluding carboxylic acids is 2. The van der Waals surface area contributed by atoms with Crippen LogP contribution >= 0.6 is 11.6 Å². The predicted octanol–water partition coefficient (Wildman–Crippen LogP) is -0.351. The minimum Gasteiger partial charge on any atom is -0.338 e. The number of halogens is 1. The molecule has 1 N–H and O–H groups in total. The van der Waals surface area contributed by atoms with Gasteiger partial charge in [-0.2, -0.15) is 0 Å². The molecule has 1 saturated heterocycles. The maximum atomic E-state index is 12.1. The summed E-state index contributed by atoms with van der Waals surface area (Å²) in [6.07, 6.45) is 3.01. The number of nitrogens with one attached hydrogen (secondary N) is 1. The molecular formula is C12H18ClN2O2+.